The van der Waals surface area contributed by atoms with E-state index in [4.69, 9.17) is 18.9 Å². The van der Waals surface area contributed by atoms with Crippen molar-refractivity contribution in [3.8, 4) is 5.75 Å². The summed E-state index contributed by atoms with van der Waals surface area (Å²) in [5, 5.41) is 84.6. The molecule has 4 aliphatic carbocycles. The zero-order valence-electron chi connectivity index (χ0n) is 40.3. The summed E-state index contributed by atoms with van der Waals surface area (Å²) in [5.41, 5.74) is 4.91. The number of ether oxygens (including phenoxy) is 4. The average Bonchev–Trinajstić information content (AvgIpc) is 1.53. The topological polar surface area (TPSA) is 54.0 Å². The summed E-state index contributed by atoms with van der Waals surface area (Å²) in [6.07, 6.45) is 1.28. The van der Waals surface area contributed by atoms with Gasteiger partial charge in [-0.15, -0.1) is 0 Å². The predicted octanol–water partition coefficient (Wildman–Crippen LogP) is 18.7. The van der Waals surface area contributed by atoms with Crippen LogP contribution < -0.4 is 4.74 Å². The van der Waals surface area contributed by atoms with Crippen molar-refractivity contribution >= 4 is 297 Å². The van der Waals surface area contributed by atoms with Crippen LogP contribution in [-0.4, -0.2) is 19.7 Å². The zero-order chi connectivity index (χ0) is 47.3. The van der Waals surface area contributed by atoms with Crippen molar-refractivity contribution in [1.82, 2.24) is 0 Å². The number of benzene rings is 19. The summed E-state index contributed by atoms with van der Waals surface area (Å²) < 4.78 is 28.5. The molecule has 338 valence electrons. The zero-order valence-corrected chi connectivity index (χ0v) is 40.3. The van der Waals surface area contributed by atoms with Gasteiger partial charge in [0, 0.05) is 34.2 Å². The lowest BCUT2D eigenvalue weighted by Crippen LogP contribution is -2.49. The number of methoxy groups -OCH3 is 1. The van der Waals surface area contributed by atoms with Crippen molar-refractivity contribution in [2.75, 3.05) is 13.7 Å². The Hall–Kier alpha value is -9.13. The number of carbonyl (C=O) groups is 1. The van der Waals surface area contributed by atoms with Gasteiger partial charge in [-0.3, -0.25) is 4.79 Å². The van der Waals surface area contributed by atoms with Gasteiger partial charge in [-0.05, 0) is 316 Å². The molecular weight excluding hydrogens is 957 g/mol. The van der Waals surface area contributed by atoms with Crippen molar-refractivity contribution in [3.05, 3.63) is 52.1 Å². The van der Waals surface area contributed by atoms with Gasteiger partial charge in [0.2, 0.25) is 0 Å². The first-order chi connectivity index (χ1) is 38.7. The van der Waals surface area contributed by atoms with Gasteiger partial charge in [0.15, 0.2) is 17.5 Å². The number of carbonyl (C=O) groups excluding carboxylic acids is 1. The molecule has 1 aliphatic heterocycles. The third kappa shape index (κ3) is 1.83. The van der Waals surface area contributed by atoms with Gasteiger partial charge in [0.25, 0.3) is 0 Å². The summed E-state index contributed by atoms with van der Waals surface area (Å²) in [7, 11) is 1.46. The van der Waals surface area contributed by atoms with E-state index in [9.17, 15) is 4.79 Å². The summed E-state index contributed by atoms with van der Waals surface area (Å²) in [4.78, 5) is 11.9. The third-order valence-corrected chi connectivity index (χ3v) is 26.1. The summed E-state index contributed by atoms with van der Waals surface area (Å²) >= 11 is 0. The van der Waals surface area contributed by atoms with Crippen LogP contribution in [0.15, 0.2) is 24.3 Å². The molecule has 0 radical (unpaired) electrons. The quantitative estimate of drug-likeness (QED) is 0.0905. The van der Waals surface area contributed by atoms with Crippen LogP contribution in [0.4, 0.5) is 0 Å². The van der Waals surface area contributed by atoms with Crippen LogP contribution in [-0.2, 0) is 30.2 Å². The molecule has 5 heteroatoms. The van der Waals surface area contributed by atoms with Crippen LogP contribution in [0, 0.1) is 0 Å². The largest absolute Gasteiger partial charge is 0.494 e. The second-order valence-electron chi connectivity index (χ2n) is 27.1. The molecular formula is C73H16O5. The summed E-state index contributed by atoms with van der Waals surface area (Å²) in [6, 6.07) is 8.67. The molecule has 5 aliphatic rings. The molecule has 0 atom stereocenters. The molecule has 78 heavy (non-hydrogen) atoms. The molecule has 1 fully saturated rings. The fraction of sp³-hybridized carbons (Fsp3) is 0.110. The number of rotatable bonds is 7. The SMILES string of the molecule is COC(=O)CCCCOc1ccc(C2OC34c5c6c7c8c9c%10c(c%11c%12c3c3c5c5c%13c6c6c7c7c9c9c%14c%10c%10c%11c%11c%12c%12c3c3c5c5c%13c%13c6c6c7c9c7c9c%14c%10c%10c%11c%11c%12c3c3c5c5c%13c6c7c6c9c%10c%11c3c56)C84O2)cc1. The van der Waals surface area contributed by atoms with E-state index in [1.54, 1.807) is 205 Å². The highest BCUT2D eigenvalue weighted by molar-refractivity contribution is 6.82. The Balaban J connectivity index is 0.927. The van der Waals surface area contributed by atoms with Crippen LogP contribution in [0.2, 0.25) is 0 Å². The van der Waals surface area contributed by atoms with Crippen molar-refractivity contribution in [1.29, 1.82) is 0 Å². The van der Waals surface area contributed by atoms with Gasteiger partial charge in [0.1, 0.15) is 5.75 Å². The van der Waals surface area contributed by atoms with E-state index in [1.807, 2.05) is 0 Å². The van der Waals surface area contributed by atoms with Crippen molar-refractivity contribution in [2.45, 2.75) is 36.8 Å². The van der Waals surface area contributed by atoms with Crippen molar-refractivity contribution < 1.29 is 23.7 Å². The van der Waals surface area contributed by atoms with Gasteiger partial charge in [-0.25, -0.2) is 0 Å². The minimum atomic E-state index is -0.933. The molecule has 0 unspecified atom stereocenters. The van der Waals surface area contributed by atoms with Crippen LogP contribution in [0.3, 0.4) is 0 Å². The Morgan fingerprint density at radius 3 is 0.769 bits per heavy atom. The molecule has 0 bridgehead atoms. The second kappa shape index (κ2) is 7.52. The van der Waals surface area contributed by atoms with E-state index in [2.05, 4.69) is 24.3 Å². The Morgan fingerprint density at radius 1 is 0.333 bits per heavy atom. The summed E-state index contributed by atoms with van der Waals surface area (Å²) in [6.45, 7) is 0.539. The lowest BCUT2D eigenvalue weighted by atomic mass is 9.61. The van der Waals surface area contributed by atoms with Crippen molar-refractivity contribution in [3.63, 3.8) is 0 Å². The Morgan fingerprint density at radius 2 is 0.551 bits per heavy atom. The lowest BCUT2D eigenvalue weighted by molar-refractivity contribution is -0.140. The predicted molar refractivity (Wildman–Crippen MR) is 317 cm³/mol. The first-order valence-corrected chi connectivity index (χ1v) is 28.7. The average molecular weight is 973 g/mol. The Bertz CT molecular complexity index is 7060. The van der Waals surface area contributed by atoms with Gasteiger partial charge < -0.3 is 18.9 Å². The molecule has 29 aromatic carbocycles. The molecule has 1 heterocycles. The van der Waals surface area contributed by atoms with Crippen LogP contribution in [0.5, 0.6) is 5.75 Å². The van der Waals surface area contributed by atoms with E-state index in [0.717, 1.165) is 24.2 Å². The van der Waals surface area contributed by atoms with Gasteiger partial charge in [-0.2, -0.15) is 0 Å². The molecule has 0 N–H and O–H groups in total. The highest BCUT2D eigenvalue weighted by atomic mass is 16.8. The number of esters is 1. The highest BCUT2D eigenvalue weighted by Gasteiger charge is 2.76. The molecule has 29 aromatic rings. The first kappa shape index (κ1) is 31.2. The van der Waals surface area contributed by atoms with Crippen LogP contribution in [0.1, 0.15) is 53.4 Å². The van der Waals surface area contributed by atoms with Gasteiger partial charge in [0.05, 0.1) is 13.7 Å². The highest BCUT2D eigenvalue weighted by Crippen LogP contribution is 2.86. The van der Waals surface area contributed by atoms with Gasteiger partial charge in [-0.1, -0.05) is 12.1 Å². The number of hydrogen-bond donors (Lipinski definition) is 0. The normalized spacial score (nSPS) is 22.3. The summed E-state index contributed by atoms with van der Waals surface area (Å²) in [5.74, 6) is 0.648. The molecule has 0 aromatic heterocycles. The second-order valence-corrected chi connectivity index (χ2v) is 27.1. The lowest BCUT2D eigenvalue weighted by Gasteiger charge is -2.46. The first-order valence-electron chi connectivity index (χ1n) is 28.7. The van der Waals surface area contributed by atoms with Crippen LogP contribution in [0.25, 0.3) is 291 Å². The molecule has 34 rings (SSSR count). The van der Waals surface area contributed by atoms with Crippen molar-refractivity contribution in [2.24, 2.45) is 0 Å². The molecule has 2 spiro atoms. The van der Waals surface area contributed by atoms with E-state index >= 15 is 0 Å². The van der Waals surface area contributed by atoms with E-state index < -0.39 is 17.5 Å². The monoisotopic (exact) mass is 972 g/mol. The third-order valence-electron chi connectivity index (χ3n) is 26.1. The van der Waals surface area contributed by atoms with E-state index in [-0.39, 0.29) is 5.97 Å². The maximum absolute atomic E-state index is 11.9. The standard InChI is InChI=1S/C73H16O5/c1-75-12(74)4-2-3-9-76-11-7-5-10(6-8-11)71-77-72-67-59-51-41-31-23-15-13-14-17-21-19(15)27-35-29(21)39-33-25(17)26-18(14)22-20-16(13)24(23)32-38-28(20)36-30(22)40-34(26)44-43(33)53-47(39)57-49(35)55(45(51)37(27)31)63(67)65(57)69-61(53)62-54(44)48(40)58-50(36)56-46(38)52(42(32)41)60(59)68(72)64(56)66(58)70(62)73(69,72)78-71/h5-8,71H,2-4,9H2,1H3. The maximum atomic E-state index is 11.9. The fourth-order valence-electron chi connectivity index (χ4n) is 25.4. The Kier molecular flexibility index (Phi) is 3.01. The smallest absolute Gasteiger partial charge is 0.305 e. The van der Waals surface area contributed by atoms with Crippen LogP contribution >= 0.6 is 0 Å². The maximum Gasteiger partial charge on any atom is 0.305 e. The van der Waals surface area contributed by atoms with E-state index in [0.29, 0.717) is 13.0 Å². The Labute approximate surface area is 426 Å². The molecule has 0 saturated carbocycles. The molecule has 5 nitrogen and oxygen atoms in total. The minimum Gasteiger partial charge on any atom is -0.494 e. The minimum absolute atomic E-state index is 0.172. The molecule has 1 saturated heterocycles. The number of unbranched alkanes of at least 4 members (excludes halogenated alkanes) is 1. The van der Waals surface area contributed by atoms with Gasteiger partial charge >= 0.3 is 5.97 Å². The fourth-order valence-corrected chi connectivity index (χ4v) is 25.4. The van der Waals surface area contributed by atoms with E-state index in [1.165, 1.54) is 116 Å². The number of hydrogen-bond acceptors (Lipinski definition) is 5. The molecule has 0 amide bonds.